The fourth-order valence-electron chi connectivity index (χ4n) is 1.36. The van der Waals surface area contributed by atoms with Crippen LogP contribution in [0.4, 0.5) is 13.2 Å². The van der Waals surface area contributed by atoms with Crippen molar-refractivity contribution < 1.29 is 22.5 Å². The van der Waals surface area contributed by atoms with Crippen molar-refractivity contribution in [2.75, 3.05) is 0 Å². The third-order valence-electron chi connectivity index (χ3n) is 2.00. The lowest BCUT2D eigenvalue weighted by Gasteiger charge is -1.99. The summed E-state index contributed by atoms with van der Waals surface area (Å²) < 4.78 is 38.1. The maximum Gasteiger partial charge on any atom is 0.422 e. The van der Waals surface area contributed by atoms with Gasteiger partial charge in [0.1, 0.15) is 11.3 Å². The Morgan fingerprint density at radius 2 is 2.07 bits per heavy atom. The van der Waals surface area contributed by atoms with E-state index in [4.69, 9.17) is 0 Å². The van der Waals surface area contributed by atoms with Gasteiger partial charge in [0.15, 0.2) is 12.4 Å². The predicted molar refractivity (Wildman–Crippen MR) is 46.7 cm³/mol. The fourth-order valence-corrected chi connectivity index (χ4v) is 1.36. The average Bonchev–Trinajstić information content (AvgIpc) is 2.46. The van der Waals surface area contributed by atoms with Gasteiger partial charge in [0, 0.05) is 6.08 Å². The summed E-state index contributed by atoms with van der Waals surface area (Å²) in [6.07, 6.45) is -1.38. The average molecular weight is 215 g/mol. The third-order valence-corrected chi connectivity index (χ3v) is 2.00. The van der Waals surface area contributed by atoms with E-state index in [1.54, 1.807) is 6.92 Å². The Morgan fingerprint density at radius 1 is 1.40 bits per heavy atom. The zero-order valence-electron chi connectivity index (χ0n) is 7.67. The minimum atomic E-state index is -4.44. The van der Waals surface area contributed by atoms with Crippen molar-refractivity contribution in [3.05, 3.63) is 23.5 Å². The Balaban J connectivity index is 2.46. The zero-order chi connectivity index (χ0) is 11.2. The molecular weight excluding hydrogens is 209 g/mol. The van der Waals surface area contributed by atoms with Crippen LogP contribution < -0.4 is 0 Å². The molecule has 2 rings (SSSR count). The molecule has 0 fully saturated rings. The first-order valence-electron chi connectivity index (χ1n) is 4.11. The molecular formula is C9H6F3N2O+. The Kier molecular flexibility index (Phi) is 1.89. The smallest absolute Gasteiger partial charge is 0.260 e. The number of halogens is 3. The molecule has 0 radical (unpaired) electrons. The number of nitrogens with zero attached hydrogens (tertiary/aromatic N) is 2. The molecule has 0 N–H and O–H groups in total. The van der Waals surface area contributed by atoms with Crippen molar-refractivity contribution in [3.8, 4) is 0 Å². The molecule has 0 bridgehead atoms. The van der Waals surface area contributed by atoms with E-state index in [9.17, 15) is 18.0 Å². The van der Waals surface area contributed by atoms with Crippen LogP contribution in [0.5, 0.6) is 0 Å². The van der Waals surface area contributed by atoms with Crippen LogP contribution >= 0.6 is 0 Å². The number of aliphatic imine (C=N–C) groups is 1. The summed E-state index contributed by atoms with van der Waals surface area (Å²) in [5.41, 5.74) is -0.517. The van der Waals surface area contributed by atoms with E-state index in [0.717, 1.165) is 16.9 Å². The molecule has 2 heterocycles. The van der Waals surface area contributed by atoms with Gasteiger partial charge in [-0.25, -0.2) is 4.99 Å². The minimum Gasteiger partial charge on any atom is -0.260 e. The minimum absolute atomic E-state index is 0.0621. The van der Waals surface area contributed by atoms with Crippen LogP contribution in [0.3, 0.4) is 0 Å². The van der Waals surface area contributed by atoms with Crippen LogP contribution in [0, 0.1) is 0 Å². The number of hydrogen-bond acceptors (Lipinski definition) is 1. The van der Waals surface area contributed by atoms with Gasteiger partial charge in [0.05, 0.1) is 0 Å². The number of amides is 1. The summed E-state index contributed by atoms with van der Waals surface area (Å²) in [5, 5.41) is 0. The highest BCUT2D eigenvalue weighted by Gasteiger charge is 2.42. The Labute approximate surface area is 82.9 Å². The number of rotatable bonds is 0. The van der Waals surface area contributed by atoms with E-state index >= 15 is 0 Å². The summed E-state index contributed by atoms with van der Waals surface area (Å²) in [6.45, 7) is 1.55. The Hall–Kier alpha value is -1.72. The first-order chi connectivity index (χ1) is 6.88. The van der Waals surface area contributed by atoms with Gasteiger partial charge in [-0.2, -0.15) is 17.7 Å². The lowest BCUT2D eigenvalue weighted by molar-refractivity contribution is -0.385. The zero-order valence-corrected chi connectivity index (χ0v) is 7.67. The van der Waals surface area contributed by atoms with Gasteiger partial charge in [0.2, 0.25) is 0 Å². The van der Waals surface area contributed by atoms with Gasteiger partial charge in [0.25, 0.3) is 5.70 Å². The van der Waals surface area contributed by atoms with E-state index in [1.165, 1.54) is 6.21 Å². The second kappa shape index (κ2) is 2.88. The molecule has 78 valence electrons. The molecule has 3 nitrogen and oxygen atoms in total. The highest BCUT2D eigenvalue weighted by Crippen LogP contribution is 2.31. The fraction of sp³-hybridized carbons (Fsp3) is 0.222. The van der Waals surface area contributed by atoms with Crippen LogP contribution in [0.1, 0.15) is 6.92 Å². The quantitative estimate of drug-likeness (QED) is 0.562. The van der Waals surface area contributed by atoms with Crippen molar-refractivity contribution in [1.29, 1.82) is 0 Å². The standard InChI is InChI=1S/C9H6F3N2O/c1-5-3-14-4-6(9(10,11)12)2-7(14)8(15)13-5/h2-4H,1H3/q+1. The molecule has 2 aliphatic rings. The molecule has 6 heteroatoms. The van der Waals surface area contributed by atoms with Crippen molar-refractivity contribution in [1.82, 2.24) is 0 Å². The van der Waals surface area contributed by atoms with Gasteiger partial charge < -0.3 is 0 Å². The van der Waals surface area contributed by atoms with Crippen molar-refractivity contribution in [2.24, 2.45) is 4.99 Å². The van der Waals surface area contributed by atoms with Crippen molar-refractivity contribution >= 4 is 17.8 Å². The number of hydrogen-bond donors (Lipinski definition) is 0. The molecule has 15 heavy (non-hydrogen) atoms. The number of allylic oxidation sites excluding steroid dienone is 2. The topological polar surface area (TPSA) is 32.4 Å². The van der Waals surface area contributed by atoms with E-state index in [2.05, 4.69) is 4.99 Å². The largest absolute Gasteiger partial charge is 0.422 e. The van der Waals surface area contributed by atoms with Crippen LogP contribution in [-0.2, 0) is 4.79 Å². The van der Waals surface area contributed by atoms with E-state index in [0.29, 0.717) is 5.71 Å². The maximum absolute atomic E-state index is 12.3. The summed E-state index contributed by atoms with van der Waals surface area (Å²) in [6, 6.07) is 0. The molecule has 2 aliphatic heterocycles. The SMILES string of the molecule is CC1=NC(=O)C2=CC(C(F)(F)F)=C[N+]2=C1. The molecule has 0 aliphatic carbocycles. The molecule has 0 aromatic rings. The van der Waals surface area contributed by atoms with Crippen molar-refractivity contribution in [2.45, 2.75) is 13.1 Å². The van der Waals surface area contributed by atoms with E-state index < -0.39 is 17.7 Å². The van der Waals surface area contributed by atoms with Gasteiger partial charge >= 0.3 is 12.1 Å². The number of alkyl halides is 3. The van der Waals surface area contributed by atoms with Crippen LogP contribution in [0.15, 0.2) is 28.5 Å². The van der Waals surface area contributed by atoms with Crippen molar-refractivity contribution in [3.63, 3.8) is 0 Å². The highest BCUT2D eigenvalue weighted by atomic mass is 19.4. The van der Waals surface area contributed by atoms with Gasteiger partial charge in [-0.05, 0) is 6.92 Å². The number of fused-ring (bicyclic) bond motifs is 1. The van der Waals surface area contributed by atoms with E-state index in [-0.39, 0.29) is 5.70 Å². The summed E-state index contributed by atoms with van der Waals surface area (Å²) in [7, 11) is 0. The maximum atomic E-state index is 12.3. The molecule has 0 unspecified atom stereocenters. The van der Waals surface area contributed by atoms with Gasteiger partial charge in [-0.1, -0.05) is 0 Å². The number of carbonyl (C=O) groups excluding carboxylic acids is 1. The summed E-state index contributed by atoms with van der Waals surface area (Å²) in [5.74, 6) is -0.648. The molecule has 0 saturated heterocycles. The van der Waals surface area contributed by atoms with Gasteiger partial charge in [-0.15, -0.1) is 0 Å². The lowest BCUT2D eigenvalue weighted by atomic mass is 10.2. The van der Waals surface area contributed by atoms with Crippen LogP contribution in [0.2, 0.25) is 0 Å². The molecule has 0 aromatic carbocycles. The van der Waals surface area contributed by atoms with Crippen LogP contribution in [0.25, 0.3) is 0 Å². The number of carbonyl (C=O) groups is 1. The Bertz CT molecular complexity index is 466. The van der Waals surface area contributed by atoms with Gasteiger partial charge in [-0.3, -0.25) is 4.79 Å². The second-order valence-corrected chi connectivity index (χ2v) is 3.21. The molecule has 0 aromatic heterocycles. The van der Waals surface area contributed by atoms with Crippen LogP contribution in [-0.4, -0.2) is 28.6 Å². The summed E-state index contributed by atoms with van der Waals surface area (Å²) >= 11 is 0. The predicted octanol–water partition coefficient (Wildman–Crippen LogP) is 1.41. The first-order valence-corrected chi connectivity index (χ1v) is 4.11. The molecule has 0 spiro atoms. The molecule has 1 amide bonds. The molecule has 0 saturated carbocycles. The third kappa shape index (κ3) is 1.62. The highest BCUT2D eigenvalue weighted by molar-refractivity contribution is 6.32. The summed E-state index contributed by atoms with van der Waals surface area (Å²) in [4.78, 5) is 14.8. The van der Waals surface area contributed by atoms with E-state index in [1.807, 2.05) is 0 Å². The second-order valence-electron chi connectivity index (χ2n) is 3.21. The Morgan fingerprint density at radius 3 is 2.67 bits per heavy atom. The molecule has 0 atom stereocenters. The lowest BCUT2D eigenvalue weighted by Crippen LogP contribution is -2.20. The normalized spacial score (nSPS) is 20.4. The monoisotopic (exact) mass is 215 g/mol. The first kappa shape index (κ1) is 9.82.